The Balaban J connectivity index is 1.41. The van der Waals surface area contributed by atoms with Crippen LogP contribution in [-0.2, 0) is 6.61 Å². The molecule has 4 heterocycles. The predicted octanol–water partition coefficient (Wildman–Crippen LogP) is 3.47. The lowest BCUT2D eigenvalue weighted by Crippen LogP contribution is -2.08. The molecule has 4 aromatic rings. The summed E-state index contributed by atoms with van der Waals surface area (Å²) in [6, 6.07) is 11.5. The van der Waals surface area contributed by atoms with Gasteiger partial charge in [-0.05, 0) is 37.3 Å². The summed E-state index contributed by atoms with van der Waals surface area (Å²) in [6.07, 6.45) is 1.72. The van der Waals surface area contributed by atoms with Crippen molar-refractivity contribution in [1.29, 1.82) is 0 Å². The van der Waals surface area contributed by atoms with Crippen LogP contribution in [-0.4, -0.2) is 43.5 Å². The van der Waals surface area contributed by atoms with E-state index in [0.29, 0.717) is 11.5 Å². The van der Waals surface area contributed by atoms with Crippen molar-refractivity contribution < 1.29 is 9.47 Å². The average molecular weight is 406 g/mol. The molecular weight excluding hydrogens is 388 g/mol. The molecule has 1 aliphatic rings. The van der Waals surface area contributed by atoms with E-state index in [1.54, 1.807) is 29.6 Å². The molecule has 0 amide bonds. The van der Waals surface area contributed by atoms with Gasteiger partial charge in [0.1, 0.15) is 18.1 Å². The van der Waals surface area contributed by atoms with Gasteiger partial charge in [0.15, 0.2) is 11.5 Å². The van der Waals surface area contributed by atoms with E-state index in [4.69, 9.17) is 14.6 Å². The maximum Gasteiger partial charge on any atom is 0.192 e. The number of nitrogens with zero attached hydrogens (tertiary/aromatic N) is 6. The van der Waals surface area contributed by atoms with Gasteiger partial charge < -0.3 is 9.47 Å². The lowest BCUT2D eigenvalue weighted by Gasteiger charge is -2.10. The monoisotopic (exact) mass is 406 g/mol. The maximum absolute atomic E-state index is 6.06. The number of hydrogen-bond donors (Lipinski definition) is 0. The van der Waals surface area contributed by atoms with Crippen LogP contribution in [0.4, 0.5) is 0 Å². The summed E-state index contributed by atoms with van der Waals surface area (Å²) in [7, 11) is 1.64. The predicted molar refractivity (Wildman–Crippen MR) is 112 cm³/mol. The Morgan fingerprint density at radius 1 is 1.17 bits per heavy atom. The highest BCUT2D eigenvalue weighted by atomic mass is 32.2. The van der Waals surface area contributed by atoms with E-state index in [1.807, 2.05) is 43.3 Å². The summed E-state index contributed by atoms with van der Waals surface area (Å²) < 4.78 is 13.1. The van der Waals surface area contributed by atoms with Gasteiger partial charge in [0, 0.05) is 17.6 Å². The zero-order chi connectivity index (χ0) is 19.8. The lowest BCUT2D eigenvalue weighted by atomic mass is 10.2. The highest BCUT2D eigenvalue weighted by Gasteiger charge is 2.21. The molecule has 0 spiro atoms. The molecule has 29 heavy (non-hydrogen) atoms. The van der Waals surface area contributed by atoms with Crippen LogP contribution in [0.3, 0.4) is 0 Å². The van der Waals surface area contributed by atoms with Crippen LogP contribution >= 0.6 is 11.8 Å². The van der Waals surface area contributed by atoms with Gasteiger partial charge in [-0.25, -0.2) is 0 Å². The van der Waals surface area contributed by atoms with Crippen LogP contribution in [0, 0.1) is 0 Å². The third-order valence-electron chi connectivity index (χ3n) is 4.74. The van der Waals surface area contributed by atoms with Gasteiger partial charge >= 0.3 is 0 Å². The minimum absolute atomic E-state index is 0.231. The number of aromatic nitrogens is 5. The fraction of sp³-hybridized carbons (Fsp3) is 0.250. The molecular formula is C20H18N6O2S. The van der Waals surface area contributed by atoms with Crippen LogP contribution in [0.2, 0.25) is 0 Å². The largest absolute Gasteiger partial charge is 0.497 e. The van der Waals surface area contributed by atoms with E-state index >= 15 is 0 Å². The Hall–Kier alpha value is -3.20. The second-order valence-electron chi connectivity index (χ2n) is 6.59. The fourth-order valence-electron chi connectivity index (χ4n) is 3.25. The van der Waals surface area contributed by atoms with E-state index in [9.17, 15) is 0 Å². The van der Waals surface area contributed by atoms with Crippen LogP contribution < -0.4 is 9.47 Å². The van der Waals surface area contributed by atoms with Crippen LogP contribution in [0.15, 0.2) is 47.6 Å². The van der Waals surface area contributed by atoms with Crippen molar-refractivity contribution >= 4 is 33.4 Å². The van der Waals surface area contributed by atoms with Gasteiger partial charge in [0.05, 0.1) is 35.2 Å². The van der Waals surface area contributed by atoms with Crippen LogP contribution in [0.25, 0.3) is 16.6 Å². The summed E-state index contributed by atoms with van der Waals surface area (Å²) in [5, 5.41) is 15.4. The zero-order valence-corrected chi connectivity index (χ0v) is 16.8. The molecule has 0 saturated heterocycles. The Morgan fingerprint density at radius 3 is 2.93 bits per heavy atom. The summed E-state index contributed by atoms with van der Waals surface area (Å²) in [5.74, 6) is 2.12. The number of methoxy groups -OCH3 is 1. The minimum Gasteiger partial charge on any atom is -0.497 e. The molecule has 0 radical (unpaired) electrons. The van der Waals surface area contributed by atoms with Crippen molar-refractivity contribution in [3.8, 4) is 11.5 Å². The molecule has 146 valence electrons. The number of pyridine rings is 1. The minimum atomic E-state index is 0.231. The average Bonchev–Trinajstić information content (AvgIpc) is 3.37. The Bertz CT molecular complexity index is 1240. The quantitative estimate of drug-likeness (QED) is 0.501. The molecule has 5 rings (SSSR count). The van der Waals surface area contributed by atoms with E-state index in [0.717, 1.165) is 39.7 Å². The third-order valence-corrected chi connectivity index (χ3v) is 5.88. The third kappa shape index (κ3) is 3.38. The molecule has 0 bridgehead atoms. The molecule has 1 aliphatic heterocycles. The summed E-state index contributed by atoms with van der Waals surface area (Å²) in [6.45, 7) is 3.02. The topological polar surface area (TPSA) is 86.8 Å². The highest BCUT2D eigenvalue weighted by molar-refractivity contribution is 8.14. The standard InChI is InChI=1S/C20H18N6O2S/c1-12-22-10-18(29-12)15-5-6-19-23-24-20(26(19)25-15)11-28-17-7-8-21-16-9-13(27-2)3-4-14(16)17/h3-9,18H,10-11H2,1-2H3. The first-order chi connectivity index (χ1) is 14.2. The number of fused-ring (bicyclic) bond motifs is 2. The van der Waals surface area contributed by atoms with Crippen LogP contribution in [0.5, 0.6) is 11.5 Å². The summed E-state index contributed by atoms with van der Waals surface area (Å²) >= 11 is 1.74. The number of hydrogen-bond acceptors (Lipinski definition) is 8. The first-order valence-corrected chi connectivity index (χ1v) is 10.0. The number of thioether (sulfide) groups is 1. The van der Waals surface area contributed by atoms with Crippen molar-refractivity contribution in [3.63, 3.8) is 0 Å². The Morgan fingerprint density at radius 2 is 2.10 bits per heavy atom. The lowest BCUT2D eigenvalue weighted by molar-refractivity contribution is 0.296. The summed E-state index contributed by atoms with van der Waals surface area (Å²) in [5.41, 5.74) is 2.46. The van der Waals surface area contributed by atoms with E-state index < -0.39 is 0 Å². The smallest absolute Gasteiger partial charge is 0.192 e. The summed E-state index contributed by atoms with van der Waals surface area (Å²) in [4.78, 5) is 8.85. The molecule has 1 aromatic carbocycles. The Labute approximate surface area is 171 Å². The van der Waals surface area contributed by atoms with E-state index in [1.165, 1.54) is 0 Å². The molecule has 0 N–H and O–H groups in total. The number of ether oxygens (including phenoxy) is 2. The van der Waals surface area contributed by atoms with Crippen molar-refractivity contribution in [3.05, 3.63) is 54.1 Å². The first kappa shape index (κ1) is 17.9. The van der Waals surface area contributed by atoms with Gasteiger partial charge in [0.2, 0.25) is 0 Å². The second kappa shape index (κ2) is 7.32. The molecule has 0 aliphatic carbocycles. The molecule has 9 heteroatoms. The SMILES string of the molecule is COc1ccc2c(OCc3nnc4ccc(C5CN=C(C)S5)nn34)ccnc2c1. The van der Waals surface area contributed by atoms with Gasteiger partial charge in [0.25, 0.3) is 0 Å². The molecule has 8 nitrogen and oxygen atoms in total. The van der Waals surface area contributed by atoms with Gasteiger partial charge in [-0.1, -0.05) is 11.8 Å². The molecule has 3 aromatic heterocycles. The van der Waals surface area contributed by atoms with Crippen molar-refractivity contribution in [2.45, 2.75) is 18.8 Å². The van der Waals surface area contributed by atoms with Gasteiger partial charge in [-0.3, -0.25) is 9.98 Å². The molecule has 1 atom stereocenters. The highest BCUT2D eigenvalue weighted by Crippen LogP contribution is 2.34. The van der Waals surface area contributed by atoms with Crippen molar-refractivity contribution in [1.82, 2.24) is 24.8 Å². The van der Waals surface area contributed by atoms with Crippen LogP contribution in [0.1, 0.15) is 23.7 Å². The molecule has 0 saturated carbocycles. The fourth-order valence-corrected chi connectivity index (χ4v) is 4.21. The van der Waals surface area contributed by atoms with Gasteiger partial charge in [-0.2, -0.15) is 9.61 Å². The number of aliphatic imine (C=N–C) groups is 1. The maximum atomic E-state index is 6.06. The van der Waals surface area contributed by atoms with E-state index in [2.05, 4.69) is 20.2 Å². The number of rotatable bonds is 5. The Kier molecular flexibility index (Phi) is 4.51. The molecule has 1 unspecified atom stereocenters. The normalized spacial score (nSPS) is 16.3. The van der Waals surface area contributed by atoms with Crippen molar-refractivity contribution in [2.24, 2.45) is 4.99 Å². The van der Waals surface area contributed by atoms with E-state index in [-0.39, 0.29) is 11.9 Å². The first-order valence-electron chi connectivity index (χ1n) is 9.16. The second-order valence-corrected chi connectivity index (χ2v) is 7.99. The molecule has 0 fully saturated rings. The van der Waals surface area contributed by atoms with Gasteiger partial charge in [-0.15, -0.1) is 10.2 Å². The number of benzene rings is 1. The van der Waals surface area contributed by atoms with Crippen molar-refractivity contribution in [2.75, 3.05) is 13.7 Å². The zero-order valence-electron chi connectivity index (χ0n) is 15.9.